The third kappa shape index (κ3) is 5.04. The minimum absolute atomic E-state index is 0.220. The summed E-state index contributed by atoms with van der Waals surface area (Å²) in [6.45, 7) is 2.24. The highest BCUT2D eigenvalue weighted by molar-refractivity contribution is 5.68. The lowest BCUT2D eigenvalue weighted by molar-refractivity contribution is -0.104. The number of aromatic nitrogens is 3. The molecule has 0 fully saturated rings. The van der Waals surface area contributed by atoms with Gasteiger partial charge >= 0.3 is 0 Å². The standard InChI is InChI=1S/C21H22N4O2/c1-16-9-11-19(12-10-16)27-15-18(13-14-26)22-21-23-20(24-25(21)2)17-7-5-3-4-6-8-17/h3-7,9-14H,8,15H2,1-2H3,(H,22,23,24)/b18-13-. The summed E-state index contributed by atoms with van der Waals surface area (Å²) in [5.74, 6) is 1.94. The van der Waals surface area contributed by atoms with Crippen LogP contribution >= 0.6 is 0 Å². The molecule has 27 heavy (non-hydrogen) atoms. The number of aldehydes is 1. The molecule has 6 heteroatoms. The molecule has 1 aliphatic carbocycles. The topological polar surface area (TPSA) is 69.0 Å². The van der Waals surface area contributed by atoms with Crippen molar-refractivity contribution in [2.45, 2.75) is 13.3 Å². The molecule has 138 valence electrons. The first-order chi connectivity index (χ1) is 13.2. The highest BCUT2D eigenvalue weighted by Gasteiger charge is 2.12. The molecule has 1 aromatic carbocycles. The van der Waals surface area contributed by atoms with Crippen molar-refractivity contribution in [3.63, 3.8) is 0 Å². The number of hydrogen-bond acceptors (Lipinski definition) is 5. The molecule has 0 saturated heterocycles. The molecular formula is C21H22N4O2. The van der Waals surface area contributed by atoms with Crippen molar-refractivity contribution in [1.29, 1.82) is 0 Å². The summed E-state index contributed by atoms with van der Waals surface area (Å²) in [5, 5.41) is 7.60. The third-order valence-electron chi connectivity index (χ3n) is 4.00. The quantitative estimate of drug-likeness (QED) is 0.602. The molecule has 0 saturated carbocycles. The molecule has 0 atom stereocenters. The summed E-state index contributed by atoms with van der Waals surface area (Å²) in [6.07, 6.45) is 12.9. The molecule has 1 aromatic heterocycles. The van der Waals surface area contributed by atoms with Crippen LogP contribution in [0.25, 0.3) is 5.57 Å². The van der Waals surface area contributed by atoms with Crippen LogP contribution in [0.3, 0.4) is 0 Å². The van der Waals surface area contributed by atoms with Crippen LogP contribution in [-0.2, 0) is 11.8 Å². The summed E-state index contributed by atoms with van der Waals surface area (Å²) in [5.41, 5.74) is 2.79. The van der Waals surface area contributed by atoms with Gasteiger partial charge in [0, 0.05) is 18.7 Å². The van der Waals surface area contributed by atoms with Gasteiger partial charge in [-0.25, -0.2) is 4.68 Å². The van der Waals surface area contributed by atoms with Gasteiger partial charge in [-0.05, 0) is 25.5 Å². The fraction of sp³-hybridized carbons (Fsp3) is 0.190. The second-order valence-corrected chi connectivity index (χ2v) is 6.15. The summed E-state index contributed by atoms with van der Waals surface area (Å²) >= 11 is 0. The Bertz CT molecular complexity index is 918. The normalized spacial score (nSPS) is 13.9. The van der Waals surface area contributed by atoms with E-state index in [1.54, 1.807) is 11.7 Å². The molecule has 1 heterocycles. The predicted molar refractivity (Wildman–Crippen MR) is 106 cm³/mol. The molecule has 3 rings (SSSR count). The molecule has 0 bridgehead atoms. The predicted octanol–water partition coefficient (Wildman–Crippen LogP) is 3.60. The van der Waals surface area contributed by atoms with Crippen LogP contribution in [0.4, 0.5) is 5.95 Å². The molecule has 1 aliphatic rings. The van der Waals surface area contributed by atoms with E-state index in [2.05, 4.69) is 21.5 Å². The Balaban J connectivity index is 1.71. The zero-order chi connectivity index (χ0) is 19.1. The van der Waals surface area contributed by atoms with Gasteiger partial charge in [0.2, 0.25) is 5.95 Å². The average Bonchev–Trinajstić information content (AvgIpc) is 2.87. The van der Waals surface area contributed by atoms with E-state index in [1.165, 1.54) is 6.08 Å². The fourth-order valence-corrected chi connectivity index (χ4v) is 2.52. The van der Waals surface area contributed by atoms with E-state index in [0.717, 1.165) is 29.6 Å². The Morgan fingerprint density at radius 3 is 2.85 bits per heavy atom. The van der Waals surface area contributed by atoms with Crippen LogP contribution in [0.5, 0.6) is 5.75 Å². The number of ether oxygens (including phenoxy) is 1. The van der Waals surface area contributed by atoms with E-state index in [4.69, 9.17) is 4.74 Å². The number of rotatable bonds is 7. The van der Waals surface area contributed by atoms with Gasteiger partial charge in [0.15, 0.2) is 5.82 Å². The van der Waals surface area contributed by atoms with Gasteiger partial charge in [-0.3, -0.25) is 4.79 Å². The van der Waals surface area contributed by atoms with Crippen molar-refractivity contribution >= 4 is 17.8 Å². The number of allylic oxidation sites excluding steroid dienone is 7. The van der Waals surface area contributed by atoms with Gasteiger partial charge in [-0.15, -0.1) is 5.10 Å². The zero-order valence-electron chi connectivity index (χ0n) is 15.4. The van der Waals surface area contributed by atoms with Crippen molar-refractivity contribution < 1.29 is 9.53 Å². The molecular weight excluding hydrogens is 340 g/mol. The summed E-state index contributed by atoms with van der Waals surface area (Å²) in [6, 6.07) is 7.75. The maximum Gasteiger partial charge on any atom is 0.225 e. The Morgan fingerprint density at radius 2 is 2.07 bits per heavy atom. The minimum Gasteiger partial charge on any atom is -0.487 e. The van der Waals surface area contributed by atoms with E-state index in [0.29, 0.717) is 17.5 Å². The Kier molecular flexibility index (Phi) is 5.99. The second-order valence-electron chi connectivity index (χ2n) is 6.15. The van der Waals surface area contributed by atoms with Crippen LogP contribution in [0.15, 0.2) is 66.4 Å². The first kappa shape index (κ1) is 18.4. The van der Waals surface area contributed by atoms with E-state index < -0.39 is 0 Å². The number of aryl methyl sites for hydroxylation is 2. The van der Waals surface area contributed by atoms with Crippen molar-refractivity contribution in [3.8, 4) is 5.75 Å². The lowest BCUT2D eigenvalue weighted by Crippen LogP contribution is -2.13. The maximum absolute atomic E-state index is 11.0. The largest absolute Gasteiger partial charge is 0.487 e. The van der Waals surface area contributed by atoms with E-state index in [1.807, 2.05) is 55.5 Å². The highest BCUT2D eigenvalue weighted by atomic mass is 16.5. The van der Waals surface area contributed by atoms with Crippen LogP contribution in [-0.4, -0.2) is 27.7 Å². The summed E-state index contributed by atoms with van der Waals surface area (Å²) in [7, 11) is 1.81. The molecule has 0 spiro atoms. The van der Waals surface area contributed by atoms with Gasteiger partial charge in [0.25, 0.3) is 0 Å². The van der Waals surface area contributed by atoms with E-state index in [-0.39, 0.29) is 6.61 Å². The van der Waals surface area contributed by atoms with Crippen molar-refractivity contribution in [2.24, 2.45) is 7.05 Å². The van der Waals surface area contributed by atoms with Gasteiger partial charge < -0.3 is 10.1 Å². The Hall–Kier alpha value is -3.41. The van der Waals surface area contributed by atoms with Gasteiger partial charge in [0.1, 0.15) is 18.6 Å². The van der Waals surface area contributed by atoms with Gasteiger partial charge in [-0.1, -0.05) is 48.1 Å². The van der Waals surface area contributed by atoms with Gasteiger partial charge in [-0.2, -0.15) is 4.98 Å². The molecule has 0 unspecified atom stereocenters. The summed E-state index contributed by atoms with van der Waals surface area (Å²) < 4.78 is 7.40. The van der Waals surface area contributed by atoms with E-state index in [9.17, 15) is 4.79 Å². The lowest BCUT2D eigenvalue weighted by atomic mass is 10.2. The number of carbonyl (C=O) groups excluding carboxylic acids is 1. The fourth-order valence-electron chi connectivity index (χ4n) is 2.52. The minimum atomic E-state index is 0.220. The van der Waals surface area contributed by atoms with Crippen LogP contribution in [0.2, 0.25) is 0 Å². The SMILES string of the molecule is Cc1ccc(OC/C(=C/C=O)Nc2nc(C3=CC=CC=CC3)nn2C)cc1. The Labute approximate surface area is 158 Å². The smallest absolute Gasteiger partial charge is 0.225 e. The van der Waals surface area contributed by atoms with Crippen molar-refractivity contribution in [2.75, 3.05) is 11.9 Å². The van der Waals surface area contributed by atoms with E-state index >= 15 is 0 Å². The molecule has 2 aromatic rings. The number of nitrogens with one attached hydrogen (secondary N) is 1. The number of nitrogens with zero attached hydrogens (tertiary/aromatic N) is 3. The summed E-state index contributed by atoms with van der Waals surface area (Å²) in [4.78, 5) is 15.6. The maximum atomic E-state index is 11.0. The third-order valence-corrected chi connectivity index (χ3v) is 4.00. The van der Waals surface area contributed by atoms with Crippen LogP contribution < -0.4 is 10.1 Å². The number of benzene rings is 1. The first-order valence-electron chi connectivity index (χ1n) is 8.70. The van der Waals surface area contributed by atoms with Crippen molar-refractivity contribution in [3.05, 3.63) is 77.8 Å². The molecule has 0 amide bonds. The molecule has 0 radical (unpaired) electrons. The zero-order valence-corrected chi connectivity index (χ0v) is 15.4. The molecule has 0 aliphatic heterocycles. The number of carbonyl (C=O) groups is 1. The lowest BCUT2D eigenvalue weighted by Gasteiger charge is -2.11. The molecule has 1 N–H and O–H groups in total. The Morgan fingerprint density at radius 1 is 1.26 bits per heavy atom. The highest BCUT2D eigenvalue weighted by Crippen LogP contribution is 2.20. The van der Waals surface area contributed by atoms with Crippen molar-refractivity contribution in [1.82, 2.24) is 14.8 Å². The average molecular weight is 362 g/mol. The monoisotopic (exact) mass is 362 g/mol. The first-order valence-corrected chi connectivity index (χ1v) is 8.70. The molecule has 6 nitrogen and oxygen atoms in total. The van der Waals surface area contributed by atoms with Gasteiger partial charge in [0.05, 0.1) is 5.70 Å². The number of anilines is 1. The van der Waals surface area contributed by atoms with Crippen LogP contribution in [0, 0.1) is 6.92 Å². The second kappa shape index (κ2) is 8.80. The van der Waals surface area contributed by atoms with Crippen LogP contribution in [0.1, 0.15) is 17.8 Å². The number of hydrogen-bond donors (Lipinski definition) is 1.